The lowest BCUT2D eigenvalue weighted by atomic mass is 9.53. The van der Waals surface area contributed by atoms with Crippen LogP contribution < -0.4 is 10.2 Å². The number of nitrogens with zero attached hydrogens (tertiary/aromatic N) is 2. The monoisotopic (exact) mass is 385 g/mol. The highest BCUT2D eigenvalue weighted by Crippen LogP contribution is 2.55. The van der Waals surface area contributed by atoms with E-state index in [4.69, 9.17) is 4.74 Å². The Kier molecular flexibility index (Phi) is 4.30. The van der Waals surface area contributed by atoms with Gasteiger partial charge in [-0.3, -0.25) is 14.9 Å². The third-order valence-corrected chi connectivity index (χ3v) is 7.20. The summed E-state index contributed by atoms with van der Waals surface area (Å²) in [7, 11) is 0. The Bertz CT molecular complexity index is 768. The molecule has 1 N–H and O–H groups in total. The highest BCUT2D eigenvalue weighted by Gasteiger charge is 2.51. The normalized spacial score (nSPS) is 33.7. The number of amides is 1. The van der Waals surface area contributed by atoms with Gasteiger partial charge in [-0.05, 0) is 68.4 Å². The standard InChI is InChI=1S/C21H27N3O4/c25-20(22-21-11-14-7-15(12-21)9-16(8-14)13-21)17-1-2-18(19(10-17)24(26)27)23-3-5-28-6-4-23/h1-2,10,14-16H,3-9,11-13H2,(H,22,25). The first-order chi connectivity index (χ1) is 13.5. The smallest absolute Gasteiger partial charge is 0.293 e. The molecule has 0 aromatic heterocycles. The summed E-state index contributed by atoms with van der Waals surface area (Å²) in [4.78, 5) is 26.3. The average Bonchev–Trinajstić information content (AvgIpc) is 2.66. The lowest BCUT2D eigenvalue weighted by molar-refractivity contribution is -0.384. The second kappa shape index (κ2) is 6.72. The molecule has 0 atom stereocenters. The van der Waals surface area contributed by atoms with Crippen LogP contribution in [0, 0.1) is 27.9 Å². The van der Waals surface area contributed by atoms with Crippen LogP contribution >= 0.6 is 0 Å². The highest BCUT2D eigenvalue weighted by molar-refractivity contribution is 5.96. The quantitative estimate of drug-likeness (QED) is 0.636. The predicted octanol–water partition coefficient (Wildman–Crippen LogP) is 3.13. The van der Waals surface area contributed by atoms with Crippen LogP contribution in [0.15, 0.2) is 18.2 Å². The molecule has 7 heteroatoms. The molecule has 0 spiro atoms. The fraction of sp³-hybridized carbons (Fsp3) is 0.667. The third-order valence-electron chi connectivity index (χ3n) is 7.20. The van der Waals surface area contributed by atoms with Gasteiger partial charge in [-0.2, -0.15) is 0 Å². The maximum absolute atomic E-state index is 13.0. The van der Waals surface area contributed by atoms with Gasteiger partial charge in [0.1, 0.15) is 5.69 Å². The van der Waals surface area contributed by atoms with E-state index in [-0.39, 0.29) is 22.1 Å². The van der Waals surface area contributed by atoms with Gasteiger partial charge >= 0.3 is 0 Å². The van der Waals surface area contributed by atoms with E-state index in [1.807, 2.05) is 4.90 Å². The lowest BCUT2D eigenvalue weighted by Gasteiger charge is -2.56. The van der Waals surface area contributed by atoms with Crippen molar-refractivity contribution in [3.8, 4) is 0 Å². The van der Waals surface area contributed by atoms with E-state index in [0.717, 1.165) is 37.0 Å². The Balaban J connectivity index is 1.38. The van der Waals surface area contributed by atoms with Gasteiger partial charge in [0.2, 0.25) is 0 Å². The Morgan fingerprint density at radius 1 is 1.11 bits per heavy atom. The molecule has 0 radical (unpaired) electrons. The number of nitro groups is 1. The van der Waals surface area contributed by atoms with E-state index < -0.39 is 0 Å². The average molecular weight is 385 g/mol. The molecule has 150 valence electrons. The summed E-state index contributed by atoms with van der Waals surface area (Å²) >= 11 is 0. The number of nitro benzene ring substituents is 1. The number of hydrogen-bond acceptors (Lipinski definition) is 5. The van der Waals surface area contributed by atoms with Gasteiger partial charge in [0, 0.05) is 30.3 Å². The second-order valence-corrected chi connectivity index (χ2v) is 9.21. The number of morpholine rings is 1. The molecule has 1 heterocycles. The number of carbonyl (C=O) groups excluding carboxylic acids is 1. The predicted molar refractivity (Wildman–Crippen MR) is 104 cm³/mol. The summed E-state index contributed by atoms with van der Waals surface area (Å²) < 4.78 is 5.34. The summed E-state index contributed by atoms with van der Waals surface area (Å²) in [5.41, 5.74) is 0.864. The summed E-state index contributed by atoms with van der Waals surface area (Å²) in [6.45, 7) is 2.37. The molecule has 1 aliphatic heterocycles. The molecule has 4 saturated carbocycles. The van der Waals surface area contributed by atoms with Gasteiger partial charge in [-0.1, -0.05) is 0 Å². The first-order valence-corrected chi connectivity index (χ1v) is 10.4. The Labute approximate surface area is 164 Å². The van der Waals surface area contributed by atoms with Crippen LogP contribution in [0.5, 0.6) is 0 Å². The van der Waals surface area contributed by atoms with Gasteiger partial charge in [-0.15, -0.1) is 0 Å². The Morgan fingerprint density at radius 3 is 2.29 bits per heavy atom. The van der Waals surface area contributed by atoms with E-state index in [0.29, 0.717) is 37.6 Å². The SMILES string of the molecule is O=C(NC12CC3CC(CC(C3)C1)C2)c1ccc(N2CCOCC2)c([N+](=O)[O-])c1. The van der Waals surface area contributed by atoms with Crippen molar-refractivity contribution >= 4 is 17.3 Å². The zero-order chi connectivity index (χ0) is 19.3. The lowest BCUT2D eigenvalue weighted by Crippen LogP contribution is -2.59. The maximum atomic E-state index is 13.0. The number of anilines is 1. The van der Waals surface area contributed by atoms with Crippen molar-refractivity contribution in [3.63, 3.8) is 0 Å². The molecule has 4 aliphatic carbocycles. The molecule has 1 aromatic rings. The summed E-state index contributed by atoms with van der Waals surface area (Å²) in [6.07, 6.45) is 7.15. The first kappa shape index (κ1) is 17.9. The van der Waals surface area contributed by atoms with Gasteiger partial charge in [0.05, 0.1) is 18.1 Å². The summed E-state index contributed by atoms with van der Waals surface area (Å²) in [5, 5.41) is 15.0. The molecule has 1 saturated heterocycles. The van der Waals surface area contributed by atoms with Gasteiger partial charge in [0.25, 0.3) is 11.6 Å². The molecule has 5 aliphatic rings. The van der Waals surface area contributed by atoms with Gasteiger partial charge < -0.3 is 15.0 Å². The van der Waals surface area contributed by atoms with Crippen molar-refractivity contribution < 1.29 is 14.5 Å². The van der Waals surface area contributed by atoms with Crippen molar-refractivity contribution in [1.82, 2.24) is 5.32 Å². The van der Waals surface area contributed by atoms with Crippen LogP contribution in [0.3, 0.4) is 0 Å². The molecular formula is C21H27N3O4. The number of carbonyl (C=O) groups is 1. The highest BCUT2D eigenvalue weighted by atomic mass is 16.6. The molecule has 7 nitrogen and oxygen atoms in total. The molecule has 28 heavy (non-hydrogen) atoms. The molecule has 1 aromatic carbocycles. The fourth-order valence-electron chi connectivity index (χ4n) is 6.46. The van der Waals surface area contributed by atoms with Crippen LogP contribution in [0.2, 0.25) is 0 Å². The van der Waals surface area contributed by atoms with Gasteiger partial charge in [-0.25, -0.2) is 0 Å². The van der Waals surface area contributed by atoms with Crippen molar-refractivity contribution in [2.24, 2.45) is 17.8 Å². The zero-order valence-electron chi connectivity index (χ0n) is 16.1. The molecule has 4 bridgehead atoms. The molecule has 1 amide bonds. The van der Waals surface area contributed by atoms with Crippen LogP contribution in [-0.4, -0.2) is 42.7 Å². The van der Waals surface area contributed by atoms with Crippen molar-refractivity contribution in [1.29, 1.82) is 0 Å². The minimum Gasteiger partial charge on any atom is -0.378 e. The Morgan fingerprint density at radius 2 is 1.71 bits per heavy atom. The van der Waals surface area contributed by atoms with E-state index >= 15 is 0 Å². The molecule has 6 rings (SSSR count). The number of hydrogen-bond donors (Lipinski definition) is 1. The van der Waals surface area contributed by atoms with Crippen molar-refractivity contribution in [2.45, 2.75) is 44.1 Å². The van der Waals surface area contributed by atoms with Crippen molar-refractivity contribution in [2.75, 3.05) is 31.2 Å². The largest absolute Gasteiger partial charge is 0.378 e. The number of benzene rings is 1. The van der Waals surface area contributed by atoms with Gasteiger partial charge in [0.15, 0.2) is 0 Å². The second-order valence-electron chi connectivity index (χ2n) is 9.21. The topological polar surface area (TPSA) is 84.7 Å². The van der Waals surface area contributed by atoms with Crippen LogP contribution in [0.4, 0.5) is 11.4 Å². The van der Waals surface area contributed by atoms with Crippen molar-refractivity contribution in [3.05, 3.63) is 33.9 Å². The number of ether oxygens (including phenoxy) is 1. The Hall–Kier alpha value is -2.15. The summed E-state index contributed by atoms with van der Waals surface area (Å²) in [5.74, 6) is 2.05. The van der Waals surface area contributed by atoms with E-state index in [1.54, 1.807) is 12.1 Å². The van der Waals surface area contributed by atoms with Crippen LogP contribution in [0.1, 0.15) is 48.9 Å². The van der Waals surface area contributed by atoms with E-state index in [2.05, 4.69) is 5.32 Å². The molecular weight excluding hydrogens is 358 g/mol. The summed E-state index contributed by atoms with van der Waals surface area (Å²) in [6, 6.07) is 4.90. The number of nitrogens with one attached hydrogen (secondary N) is 1. The van der Waals surface area contributed by atoms with Crippen LogP contribution in [0.25, 0.3) is 0 Å². The van der Waals surface area contributed by atoms with E-state index in [9.17, 15) is 14.9 Å². The minimum atomic E-state index is -0.383. The minimum absolute atomic E-state index is 0.0000575. The fourth-order valence-corrected chi connectivity index (χ4v) is 6.46. The van der Waals surface area contributed by atoms with Crippen LogP contribution in [-0.2, 0) is 4.74 Å². The zero-order valence-corrected chi connectivity index (χ0v) is 16.1. The third kappa shape index (κ3) is 3.15. The maximum Gasteiger partial charge on any atom is 0.293 e. The molecule has 5 fully saturated rings. The number of rotatable bonds is 4. The molecule has 0 unspecified atom stereocenters. The first-order valence-electron chi connectivity index (χ1n) is 10.4. The van der Waals surface area contributed by atoms with E-state index in [1.165, 1.54) is 25.3 Å².